The lowest BCUT2D eigenvalue weighted by atomic mass is 9.97. The average molecular weight is 504 g/mol. The minimum absolute atomic E-state index is 0.000346. The Balaban J connectivity index is 5.58. The summed E-state index contributed by atoms with van der Waals surface area (Å²) in [6.45, 7) is 7.26. The van der Waals surface area contributed by atoms with E-state index < -0.39 is 53.8 Å². The van der Waals surface area contributed by atoms with Gasteiger partial charge in [-0.25, -0.2) is 4.79 Å². The number of carbonyl (C=O) groups is 5. The zero-order valence-corrected chi connectivity index (χ0v) is 21.6. The maximum absolute atomic E-state index is 13.1. The Kier molecular flexibility index (Phi) is 15.2. The molecule has 0 radical (unpaired) electrons. The zero-order valence-electron chi connectivity index (χ0n) is 20.8. The molecule has 5 unspecified atom stereocenters. The van der Waals surface area contributed by atoms with Gasteiger partial charge in [-0.3, -0.25) is 19.2 Å². The number of rotatable bonds is 17. The Bertz CT molecular complexity index is 705. The highest BCUT2D eigenvalue weighted by atomic mass is 32.2. The number of carboxylic acid groups (broad SMARTS) is 1. The molecule has 12 heteroatoms. The van der Waals surface area contributed by atoms with Crippen molar-refractivity contribution in [3.05, 3.63) is 0 Å². The van der Waals surface area contributed by atoms with Crippen molar-refractivity contribution in [1.82, 2.24) is 16.0 Å². The van der Waals surface area contributed by atoms with Crippen molar-refractivity contribution < 1.29 is 29.1 Å². The number of thioether (sulfide) groups is 1. The summed E-state index contributed by atoms with van der Waals surface area (Å²) < 4.78 is 0. The van der Waals surface area contributed by atoms with Gasteiger partial charge in [0.2, 0.25) is 23.6 Å². The van der Waals surface area contributed by atoms with Gasteiger partial charge in [-0.05, 0) is 43.1 Å². The zero-order chi connectivity index (χ0) is 26.4. The quantitative estimate of drug-likeness (QED) is 0.159. The number of amides is 4. The van der Waals surface area contributed by atoms with Crippen LogP contribution < -0.4 is 27.4 Å². The summed E-state index contributed by atoms with van der Waals surface area (Å²) in [5.74, 6) is -3.30. The lowest BCUT2D eigenvalue weighted by molar-refractivity contribution is -0.143. The number of nitrogens with two attached hydrogens (primary N) is 2. The van der Waals surface area contributed by atoms with E-state index in [9.17, 15) is 29.1 Å². The molecule has 5 atom stereocenters. The molecular formula is C22H41N5O6S. The SMILES string of the molecule is CCC(C)C(NC(=O)C(N)CCSC)C(=O)NC(CCC(N)=O)C(=O)NC(CC(C)C)C(=O)O. The summed E-state index contributed by atoms with van der Waals surface area (Å²) in [5.41, 5.74) is 11.1. The van der Waals surface area contributed by atoms with Crippen molar-refractivity contribution in [3.8, 4) is 0 Å². The van der Waals surface area contributed by atoms with Gasteiger partial charge in [-0.2, -0.15) is 11.8 Å². The van der Waals surface area contributed by atoms with Crippen LogP contribution in [0.5, 0.6) is 0 Å². The summed E-state index contributed by atoms with van der Waals surface area (Å²) in [5, 5.41) is 17.1. The number of hydrogen-bond acceptors (Lipinski definition) is 7. The molecule has 0 aromatic rings. The summed E-state index contributed by atoms with van der Waals surface area (Å²) in [6.07, 6.45) is 2.78. The highest BCUT2D eigenvalue weighted by Gasteiger charge is 2.32. The molecule has 11 nitrogen and oxygen atoms in total. The molecule has 0 bridgehead atoms. The molecule has 0 saturated heterocycles. The van der Waals surface area contributed by atoms with Gasteiger partial charge < -0.3 is 32.5 Å². The van der Waals surface area contributed by atoms with E-state index in [1.165, 1.54) is 0 Å². The van der Waals surface area contributed by atoms with Crippen molar-refractivity contribution in [1.29, 1.82) is 0 Å². The molecule has 0 heterocycles. The van der Waals surface area contributed by atoms with Gasteiger partial charge in [-0.15, -0.1) is 0 Å². The van der Waals surface area contributed by atoms with Gasteiger partial charge in [0, 0.05) is 6.42 Å². The van der Waals surface area contributed by atoms with Gasteiger partial charge in [0.05, 0.1) is 6.04 Å². The molecule has 0 aliphatic carbocycles. The fourth-order valence-corrected chi connectivity index (χ4v) is 3.61. The highest BCUT2D eigenvalue weighted by Crippen LogP contribution is 2.11. The van der Waals surface area contributed by atoms with E-state index in [-0.39, 0.29) is 31.1 Å². The van der Waals surface area contributed by atoms with Crippen LogP contribution in [0.15, 0.2) is 0 Å². The smallest absolute Gasteiger partial charge is 0.326 e. The molecule has 34 heavy (non-hydrogen) atoms. The molecule has 196 valence electrons. The number of hydrogen-bond donors (Lipinski definition) is 6. The second-order valence-corrected chi connectivity index (χ2v) is 9.84. The number of aliphatic carboxylic acids is 1. The van der Waals surface area contributed by atoms with E-state index in [0.717, 1.165) is 0 Å². The van der Waals surface area contributed by atoms with Crippen molar-refractivity contribution in [2.75, 3.05) is 12.0 Å². The van der Waals surface area contributed by atoms with Gasteiger partial charge in [0.15, 0.2) is 0 Å². The third-order valence-electron chi connectivity index (χ3n) is 5.40. The number of nitrogens with one attached hydrogen (secondary N) is 3. The topological polar surface area (TPSA) is 194 Å². The fraction of sp³-hybridized carbons (Fsp3) is 0.773. The third kappa shape index (κ3) is 12.2. The van der Waals surface area contributed by atoms with Gasteiger partial charge in [-0.1, -0.05) is 34.1 Å². The summed E-state index contributed by atoms with van der Waals surface area (Å²) >= 11 is 1.55. The van der Waals surface area contributed by atoms with Crippen LogP contribution in [0.2, 0.25) is 0 Å². The van der Waals surface area contributed by atoms with E-state index in [1.54, 1.807) is 18.7 Å². The van der Waals surface area contributed by atoms with Crippen LogP contribution in [-0.2, 0) is 24.0 Å². The minimum Gasteiger partial charge on any atom is -0.480 e. The predicted molar refractivity (Wildman–Crippen MR) is 132 cm³/mol. The van der Waals surface area contributed by atoms with Crippen LogP contribution in [0.3, 0.4) is 0 Å². The minimum atomic E-state index is -1.21. The molecular weight excluding hydrogens is 462 g/mol. The van der Waals surface area contributed by atoms with Crippen LogP contribution in [0.4, 0.5) is 0 Å². The van der Waals surface area contributed by atoms with Crippen LogP contribution in [0, 0.1) is 11.8 Å². The van der Waals surface area contributed by atoms with E-state index >= 15 is 0 Å². The van der Waals surface area contributed by atoms with Crippen LogP contribution in [0.1, 0.15) is 59.8 Å². The second kappa shape index (κ2) is 16.3. The molecule has 0 spiro atoms. The standard InChI is InChI=1S/C22H41N5O6S/c1-6-13(4)18(27-19(29)14(23)9-10-34-5)21(31)25-15(7-8-17(24)28)20(30)26-16(22(32)33)11-12(2)3/h12-16,18H,6-11,23H2,1-5H3,(H2,24,28)(H,25,31)(H,26,30)(H,27,29)(H,32,33). The molecule has 0 aliphatic heterocycles. The van der Waals surface area contributed by atoms with E-state index in [1.807, 2.05) is 27.0 Å². The van der Waals surface area contributed by atoms with E-state index in [4.69, 9.17) is 11.5 Å². The lowest BCUT2D eigenvalue weighted by Crippen LogP contribution is -2.58. The maximum Gasteiger partial charge on any atom is 0.326 e. The molecule has 4 amide bonds. The monoisotopic (exact) mass is 503 g/mol. The Morgan fingerprint density at radius 2 is 1.50 bits per heavy atom. The Labute approximate surface area is 205 Å². The fourth-order valence-electron chi connectivity index (χ4n) is 3.12. The predicted octanol–water partition coefficient (Wildman–Crippen LogP) is -0.0365. The third-order valence-corrected chi connectivity index (χ3v) is 6.04. The first-order valence-corrected chi connectivity index (χ1v) is 12.9. The highest BCUT2D eigenvalue weighted by molar-refractivity contribution is 7.98. The van der Waals surface area contributed by atoms with Gasteiger partial charge >= 0.3 is 5.97 Å². The number of carbonyl (C=O) groups excluding carboxylic acids is 4. The van der Waals surface area contributed by atoms with Gasteiger partial charge in [0.1, 0.15) is 18.1 Å². The molecule has 8 N–H and O–H groups in total. The van der Waals surface area contributed by atoms with Crippen molar-refractivity contribution in [2.24, 2.45) is 23.3 Å². The molecule has 0 aliphatic rings. The van der Waals surface area contributed by atoms with Gasteiger partial charge in [0.25, 0.3) is 0 Å². The number of carboxylic acids is 1. The van der Waals surface area contributed by atoms with E-state index in [2.05, 4.69) is 16.0 Å². The first kappa shape index (κ1) is 31.7. The first-order chi connectivity index (χ1) is 15.8. The van der Waals surface area contributed by atoms with Crippen LogP contribution >= 0.6 is 11.8 Å². The molecule has 0 aromatic heterocycles. The van der Waals surface area contributed by atoms with Crippen molar-refractivity contribution in [2.45, 2.75) is 84.0 Å². The molecule has 0 saturated carbocycles. The normalized spacial score (nSPS) is 15.5. The molecule has 0 aromatic carbocycles. The van der Waals surface area contributed by atoms with Crippen LogP contribution in [0.25, 0.3) is 0 Å². The Hall–Kier alpha value is -2.34. The van der Waals surface area contributed by atoms with Crippen LogP contribution in [-0.4, -0.2) is 70.9 Å². The Morgan fingerprint density at radius 3 is 1.97 bits per heavy atom. The molecule has 0 fully saturated rings. The largest absolute Gasteiger partial charge is 0.480 e. The average Bonchev–Trinajstić information content (AvgIpc) is 2.76. The summed E-state index contributed by atoms with van der Waals surface area (Å²) in [4.78, 5) is 61.3. The van der Waals surface area contributed by atoms with Crippen molar-refractivity contribution in [3.63, 3.8) is 0 Å². The molecule has 0 rings (SSSR count). The first-order valence-electron chi connectivity index (χ1n) is 11.5. The van der Waals surface area contributed by atoms with E-state index in [0.29, 0.717) is 18.6 Å². The van der Waals surface area contributed by atoms with Crippen molar-refractivity contribution >= 4 is 41.4 Å². The Morgan fingerprint density at radius 1 is 0.912 bits per heavy atom. The second-order valence-electron chi connectivity index (χ2n) is 8.85. The summed E-state index contributed by atoms with van der Waals surface area (Å²) in [6, 6.07) is -4.11. The summed E-state index contributed by atoms with van der Waals surface area (Å²) in [7, 11) is 0. The number of primary amides is 1. The maximum atomic E-state index is 13.1. The lowest BCUT2D eigenvalue weighted by Gasteiger charge is -2.28.